The maximum Gasteiger partial charge on any atom is 0.0308 e. The molecule has 0 rings (SSSR count). The van der Waals surface area contributed by atoms with Gasteiger partial charge in [0, 0.05) is 11.5 Å². The molecule has 0 saturated heterocycles. The first-order chi connectivity index (χ1) is 3.27. The van der Waals surface area contributed by atoms with E-state index in [1.165, 1.54) is 0 Å². The Hall–Kier alpha value is 0.0200. The number of rotatable bonds is 3. The predicted octanol–water partition coefficient (Wildman–Crippen LogP) is 1.78. The van der Waals surface area contributed by atoms with Crippen LogP contribution in [0.4, 0.5) is 0 Å². The topological polar surface area (TPSA) is 23.9 Å². The van der Waals surface area contributed by atoms with Crippen molar-refractivity contribution < 1.29 is 0 Å². The van der Waals surface area contributed by atoms with Gasteiger partial charge in [0.2, 0.25) is 0 Å². The van der Waals surface area contributed by atoms with Gasteiger partial charge in [-0.05, 0) is 12.7 Å². The van der Waals surface area contributed by atoms with Crippen LogP contribution in [0, 0.1) is 5.41 Å². The Morgan fingerprint density at radius 1 is 1.71 bits per heavy atom. The lowest BCUT2D eigenvalue weighted by Gasteiger charge is -1.90. The predicted molar refractivity (Wildman–Crippen MR) is 36.4 cm³/mol. The zero-order chi connectivity index (χ0) is 5.70. The van der Waals surface area contributed by atoms with Crippen LogP contribution in [-0.4, -0.2) is 17.2 Å². The normalized spacial score (nSPS) is 8.86. The summed E-state index contributed by atoms with van der Waals surface area (Å²) in [5.74, 6) is 2.02. The molecule has 0 saturated carbocycles. The molecule has 0 radical (unpaired) electrons. The second-order valence-electron chi connectivity index (χ2n) is 1.42. The molecule has 0 fully saturated rings. The van der Waals surface area contributed by atoms with E-state index in [2.05, 4.69) is 6.92 Å². The molecule has 0 aromatic heterocycles. The van der Waals surface area contributed by atoms with Crippen molar-refractivity contribution in [1.82, 2.24) is 0 Å². The van der Waals surface area contributed by atoms with Gasteiger partial charge in [0.05, 0.1) is 0 Å². The van der Waals surface area contributed by atoms with Crippen LogP contribution in [0.2, 0.25) is 0 Å². The van der Waals surface area contributed by atoms with Gasteiger partial charge < -0.3 is 5.41 Å². The van der Waals surface area contributed by atoms with Crippen LogP contribution in [0.3, 0.4) is 0 Å². The fraction of sp³-hybridized carbons (Fsp3) is 0.800. The van der Waals surface area contributed by atoms with Crippen molar-refractivity contribution in [2.24, 2.45) is 0 Å². The minimum absolute atomic E-state index is 0.770. The van der Waals surface area contributed by atoms with Gasteiger partial charge in [0.15, 0.2) is 0 Å². The van der Waals surface area contributed by atoms with Gasteiger partial charge in [0.1, 0.15) is 0 Å². The number of hydrogen-bond donors (Lipinski definition) is 1. The highest BCUT2D eigenvalue weighted by molar-refractivity contribution is 7.99. The quantitative estimate of drug-likeness (QED) is 0.560. The van der Waals surface area contributed by atoms with E-state index in [-0.39, 0.29) is 0 Å². The van der Waals surface area contributed by atoms with Gasteiger partial charge in [-0.3, -0.25) is 0 Å². The molecule has 0 unspecified atom stereocenters. The lowest BCUT2D eigenvalue weighted by Crippen LogP contribution is -1.91. The molecule has 0 spiro atoms. The summed E-state index contributed by atoms with van der Waals surface area (Å²) in [4.78, 5) is 0. The van der Waals surface area contributed by atoms with Crippen molar-refractivity contribution in [3.8, 4) is 0 Å². The largest absolute Gasteiger partial charge is 0.309 e. The molecule has 0 aliphatic heterocycles. The summed E-state index contributed by atoms with van der Waals surface area (Å²) in [6, 6.07) is 0. The van der Waals surface area contributed by atoms with Gasteiger partial charge in [-0.2, -0.15) is 11.8 Å². The lowest BCUT2D eigenvalue weighted by atomic mass is 10.5. The summed E-state index contributed by atoms with van der Waals surface area (Å²) >= 11 is 1.79. The molecule has 0 aliphatic carbocycles. The monoisotopic (exact) mass is 117 g/mol. The molecule has 0 aromatic rings. The van der Waals surface area contributed by atoms with Crippen molar-refractivity contribution in [3.63, 3.8) is 0 Å². The SMILES string of the molecule is CCSCC(C)=N. The fourth-order valence-electron chi connectivity index (χ4n) is 0.255. The molecule has 0 atom stereocenters. The number of thioether (sulfide) groups is 1. The molecule has 7 heavy (non-hydrogen) atoms. The van der Waals surface area contributed by atoms with Crippen LogP contribution in [0.15, 0.2) is 0 Å². The van der Waals surface area contributed by atoms with Gasteiger partial charge in [-0.1, -0.05) is 6.92 Å². The van der Waals surface area contributed by atoms with Crippen LogP contribution >= 0.6 is 11.8 Å². The maximum atomic E-state index is 6.98. The fourth-order valence-corrected chi connectivity index (χ4v) is 0.765. The molecule has 0 aromatic carbocycles. The lowest BCUT2D eigenvalue weighted by molar-refractivity contribution is 1.45. The first kappa shape index (κ1) is 7.02. The van der Waals surface area contributed by atoms with Crippen LogP contribution < -0.4 is 0 Å². The zero-order valence-electron chi connectivity index (χ0n) is 4.82. The average Bonchev–Trinajstić information content (AvgIpc) is 1.61. The van der Waals surface area contributed by atoms with Crippen molar-refractivity contribution in [2.75, 3.05) is 11.5 Å². The van der Waals surface area contributed by atoms with E-state index in [1.54, 1.807) is 11.8 Å². The van der Waals surface area contributed by atoms with Crippen molar-refractivity contribution >= 4 is 17.5 Å². The molecule has 1 N–H and O–H groups in total. The van der Waals surface area contributed by atoms with Gasteiger partial charge in [0.25, 0.3) is 0 Å². The molecule has 0 amide bonds. The minimum atomic E-state index is 0.770. The zero-order valence-corrected chi connectivity index (χ0v) is 5.64. The Balaban J connectivity index is 2.82. The van der Waals surface area contributed by atoms with E-state index in [4.69, 9.17) is 5.41 Å². The van der Waals surface area contributed by atoms with E-state index < -0.39 is 0 Å². The Morgan fingerprint density at radius 2 is 2.29 bits per heavy atom. The van der Waals surface area contributed by atoms with Crippen molar-refractivity contribution in [3.05, 3.63) is 0 Å². The maximum absolute atomic E-state index is 6.98. The molecule has 0 heterocycles. The first-order valence-corrected chi connectivity index (χ1v) is 3.54. The molecule has 0 bridgehead atoms. The van der Waals surface area contributed by atoms with E-state index in [0.29, 0.717) is 0 Å². The van der Waals surface area contributed by atoms with Crippen molar-refractivity contribution in [2.45, 2.75) is 13.8 Å². The third kappa shape index (κ3) is 6.02. The summed E-state index contributed by atoms with van der Waals surface area (Å²) in [6.07, 6.45) is 0. The number of nitrogens with one attached hydrogen (secondary N) is 1. The third-order valence-electron chi connectivity index (χ3n) is 0.523. The summed E-state index contributed by atoms with van der Waals surface area (Å²) < 4.78 is 0. The molecule has 1 nitrogen and oxygen atoms in total. The summed E-state index contributed by atoms with van der Waals surface area (Å²) in [5.41, 5.74) is 0.770. The van der Waals surface area contributed by atoms with Gasteiger partial charge >= 0.3 is 0 Å². The van der Waals surface area contributed by atoms with Crippen LogP contribution in [0.5, 0.6) is 0 Å². The van der Waals surface area contributed by atoms with E-state index in [9.17, 15) is 0 Å². The van der Waals surface area contributed by atoms with Gasteiger partial charge in [-0.25, -0.2) is 0 Å². The smallest absolute Gasteiger partial charge is 0.0308 e. The molecular formula is C5H11NS. The van der Waals surface area contributed by atoms with E-state index in [0.717, 1.165) is 17.2 Å². The Morgan fingerprint density at radius 3 is 2.43 bits per heavy atom. The Bertz CT molecular complexity index is 61.1. The second kappa shape index (κ2) is 4.19. The van der Waals surface area contributed by atoms with Crippen LogP contribution in [-0.2, 0) is 0 Å². The van der Waals surface area contributed by atoms with E-state index in [1.807, 2.05) is 6.92 Å². The molecule has 2 heteroatoms. The minimum Gasteiger partial charge on any atom is -0.309 e. The summed E-state index contributed by atoms with van der Waals surface area (Å²) in [7, 11) is 0. The van der Waals surface area contributed by atoms with Crippen LogP contribution in [0.25, 0.3) is 0 Å². The Kier molecular flexibility index (Phi) is 4.20. The summed E-state index contributed by atoms with van der Waals surface area (Å²) in [6.45, 7) is 3.94. The third-order valence-corrected chi connectivity index (χ3v) is 1.57. The first-order valence-electron chi connectivity index (χ1n) is 2.39. The highest BCUT2D eigenvalue weighted by Gasteiger charge is 1.83. The summed E-state index contributed by atoms with van der Waals surface area (Å²) in [5, 5.41) is 6.98. The molecule has 42 valence electrons. The molecule has 0 aliphatic rings. The van der Waals surface area contributed by atoms with Gasteiger partial charge in [-0.15, -0.1) is 0 Å². The Labute approximate surface area is 49.0 Å². The van der Waals surface area contributed by atoms with Crippen LogP contribution in [0.1, 0.15) is 13.8 Å². The highest BCUT2D eigenvalue weighted by atomic mass is 32.2. The molecular weight excluding hydrogens is 106 g/mol. The standard InChI is InChI=1S/C5H11NS/c1-3-7-4-5(2)6/h6H,3-4H2,1-2H3. The number of hydrogen-bond acceptors (Lipinski definition) is 2. The highest BCUT2D eigenvalue weighted by Crippen LogP contribution is 1.96. The average molecular weight is 117 g/mol. The second-order valence-corrected chi connectivity index (χ2v) is 2.69. The van der Waals surface area contributed by atoms with E-state index >= 15 is 0 Å². The van der Waals surface area contributed by atoms with Crippen molar-refractivity contribution in [1.29, 1.82) is 5.41 Å².